The molecule has 26 heavy (non-hydrogen) atoms. The minimum absolute atomic E-state index is 0.0992. The van der Waals surface area contributed by atoms with E-state index in [-0.39, 0.29) is 5.91 Å². The summed E-state index contributed by atoms with van der Waals surface area (Å²) in [4.78, 5) is 20.1. The number of rotatable bonds is 6. The van der Waals surface area contributed by atoms with E-state index in [1.807, 2.05) is 47.4 Å². The Morgan fingerprint density at radius 3 is 2.31 bits per heavy atom. The maximum atomic E-state index is 13.3. The number of hydrogen-bond donors (Lipinski definition) is 0. The zero-order valence-corrected chi connectivity index (χ0v) is 15.8. The van der Waals surface area contributed by atoms with Gasteiger partial charge in [-0.1, -0.05) is 56.3 Å². The summed E-state index contributed by atoms with van der Waals surface area (Å²) < 4.78 is 0. The summed E-state index contributed by atoms with van der Waals surface area (Å²) in [5.41, 5.74) is 4.70. The Labute approximate surface area is 155 Å². The molecule has 0 atom stereocenters. The SMILES string of the molecule is CCCN(CCC)C(=O)c1cc(-c2ccccc2C)nc2ccccc12. The molecule has 134 valence electrons. The molecule has 3 aromatic rings. The van der Waals surface area contributed by atoms with Crippen molar-refractivity contribution < 1.29 is 4.79 Å². The molecule has 0 spiro atoms. The topological polar surface area (TPSA) is 33.2 Å². The predicted molar refractivity (Wildman–Crippen MR) is 108 cm³/mol. The maximum Gasteiger partial charge on any atom is 0.254 e. The molecule has 3 rings (SSSR count). The quantitative estimate of drug-likeness (QED) is 0.593. The number of carbonyl (C=O) groups is 1. The molecule has 0 radical (unpaired) electrons. The van der Waals surface area contributed by atoms with Crippen molar-refractivity contribution in [2.24, 2.45) is 0 Å². The van der Waals surface area contributed by atoms with Crippen LogP contribution in [0.1, 0.15) is 42.6 Å². The van der Waals surface area contributed by atoms with Crippen LogP contribution in [0.25, 0.3) is 22.2 Å². The third-order valence-electron chi connectivity index (χ3n) is 4.64. The van der Waals surface area contributed by atoms with Crippen molar-refractivity contribution in [2.45, 2.75) is 33.6 Å². The molecule has 2 aromatic carbocycles. The van der Waals surface area contributed by atoms with Crippen LogP contribution in [0.15, 0.2) is 54.6 Å². The van der Waals surface area contributed by atoms with Gasteiger partial charge in [-0.2, -0.15) is 0 Å². The molecule has 0 aliphatic heterocycles. The minimum atomic E-state index is 0.0992. The molecule has 1 aromatic heterocycles. The first-order chi connectivity index (χ1) is 12.7. The van der Waals surface area contributed by atoms with Crippen molar-refractivity contribution in [3.8, 4) is 11.3 Å². The van der Waals surface area contributed by atoms with Crippen molar-refractivity contribution in [3.63, 3.8) is 0 Å². The fourth-order valence-electron chi connectivity index (χ4n) is 3.38. The van der Waals surface area contributed by atoms with Gasteiger partial charge in [-0.25, -0.2) is 4.98 Å². The minimum Gasteiger partial charge on any atom is -0.339 e. The Morgan fingerprint density at radius 1 is 0.962 bits per heavy atom. The molecule has 1 amide bonds. The van der Waals surface area contributed by atoms with Crippen molar-refractivity contribution in [2.75, 3.05) is 13.1 Å². The predicted octanol–water partition coefficient (Wildman–Crippen LogP) is 5.47. The number of amides is 1. The Bertz CT molecular complexity index is 911. The van der Waals surface area contributed by atoms with E-state index in [1.54, 1.807) is 0 Å². The van der Waals surface area contributed by atoms with Crippen molar-refractivity contribution in [1.82, 2.24) is 9.88 Å². The summed E-state index contributed by atoms with van der Waals surface area (Å²) in [6, 6.07) is 18.1. The summed E-state index contributed by atoms with van der Waals surface area (Å²) in [7, 11) is 0. The van der Waals surface area contributed by atoms with Gasteiger partial charge in [0.05, 0.1) is 16.8 Å². The normalized spacial score (nSPS) is 10.9. The van der Waals surface area contributed by atoms with E-state index in [2.05, 4.69) is 32.9 Å². The first-order valence-electron chi connectivity index (χ1n) is 9.40. The van der Waals surface area contributed by atoms with E-state index in [0.717, 1.165) is 59.2 Å². The van der Waals surface area contributed by atoms with Crippen LogP contribution in [-0.4, -0.2) is 28.9 Å². The monoisotopic (exact) mass is 346 g/mol. The standard InChI is InChI=1S/C23H26N2O/c1-4-14-25(15-5-2)23(26)20-16-22(18-11-7-6-10-17(18)3)24-21-13-9-8-12-19(20)21/h6-13,16H,4-5,14-15H2,1-3H3. The number of pyridine rings is 1. The van der Waals surface area contributed by atoms with E-state index < -0.39 is 0 Å². The van der Waals surface area contributed by atoms with E-state index in [4.69, 9.17) is 4.98 Å². The highest BCUT2D eigenvalue weighted by Gasteiger charge is 2.19. The zero-order chi connectivity index (χ0) is 18.5. The summed E-state index contributed by atoms with van der Waals surface area (Å²) in [5, 5.41) is 0.923. The largest absolute Gasteiger partial charge is 0.339 e. The van der Waals surface area contributed by atoms with Gasteiger partial charge in [-0.05, 0) is 37.5 Å². The lowest BCUT2D eigenvalue weighted by Gasteiger charge is -2.22. The van der Waals surface area contributed by atoms with Crippen LogP contribution in [0.5, 0.6) is 0 Å². The molecular formula is C23H26N2O. The molecule has 0 saturated heterocycles. The second kappa shape index (κ2) is 8.13. The van der Waals surface area contributed by atoms with Gasteiger partial charge < -0.3 is 4.90 Å². The van der Waals surface area contributed by atoms with Crippen LogP contribution in [0, 0.1) is 6.92 Å². The Balaban J connectivity index is 2.17. The van der Waals surface area contributed by atoms with Gasteiger partial charge >= 0.3 is 0 Å². The van der Waals surface area contributed by atoms with Crippen LogP contribution in [0.4, 0.5) is 0 Å². The van der Waals surface area contributed by atoms with Gasteiger partial charge in [0.2, 0.25) is 0 Å². The van der Waals surface area contributed by atoms with E-state index in [1.165, 1.54) is 0 Å². The number of aryl methyl sites for hydroxylation is 1. The molecular weight excluding hydrogens is 320 g/mol. The van der Waals surface area contributed by atoms with Crippen LogP contribution in [0.3, 0.4) is 0 Å². The highest BCUT2D eigenvalue weighted by Crippen LogP contribution is 2.27. The molecule has 0 aliphatic carbocycles. The number of nitrogens with zero attached hydrogens (tertiary/aromatic N) is 2. The molecule has 0 saturated carbocycles. The molecule has 0 fully saturated rings. The lowest BCUT2D eigenvalue weighted by Crippen LogP contribution is -2.32. The second-order valence-corrected chi connectivity index (χ2v) is 6.68. The summed E-state index contributed by atoms with van der Waals surface area (Å²) in [6.45, 7) is 7.86. The number of hydrogen-bond acceptors (Lipinski definition) is 2. The van der Waals surface area contributed by atoms with Crippen LogP contribution < -0.4 is 0 Å². The second-order valence-electron chi connectivity index (χ2n) is 6.68. The van der Waals surface area contributed by atoms with Gasteiger partial charge in [-0.3, -0.25) is 4.79 Å². The van der Waals surface area contributed by atoms with Crippen molar-refractivity contribution in [3.05, 3.63) is 65.7 Å². The molecule has 0 unspecified atom stereocenters. The zero-order valence-electron chi connectivity index (χ0n) is 15.8. The van der Waals surface area contributed by atoms with Crippen molar-refractivity contribution in [1.29, 1.82) is 0 Å². The van der Waals surface area contributed by atoms with Crippen molar-refractivity contribution >= 4 is 16.8 Å². The third kappa shape index (κ3) is 3.62. The molecule has 0 aliphatic rings. The molecule has 0 bridgehead atoms. The van der Waals surface area contributed by atoms with Crippen LogP contribution >= 0.6 is 0 Å². The lowest BCUT2D eigenvalue weighted by atomic mass is 10.0. The smallest absolute Gasteiger partial charge is 0.254 e. The number of benzene rings is 2. The molecule has 0 N–H and O–H groups in total. The van der Waals surface area contributed by atoms with Gasteiger partial charge in [0.15, 0.2) is 0 Å². The summed E-state index contributed by atoms with van der Waals surface area (Å²) in [6.07, 6.45) is 1.92. The highest BCUT2D eigenvalue weighted by atomic mass is 16.2. The van der Waals surface area contributed by atoms with E-state index in [0.29, 0.717) is 0 Å². The lowest BCUT2D eigenvalue weighted by molar-refractivity contribution is 0.0757. The Hall–Kier alpha value is -2.68. The number of para-hydroxylation sites is 1. The molecule has 3 heteroatoms. The fourth-order valence-corrected chi connectivity index (χ4v) is 3.38. The number of aromatic nitrogens is 1. The Morgan fingerprint density at radius 2 is 1.62 bits per heavy atom. The van der Waals surface area contributed by atoms with Crippen LogP contribution in [-0.2, 0) is 0 Å². The third-order valence-corrected chi connectivity index (χ3v) is 4.64. The van der Waals surface area contributed by atoms with Gasteiger partial charge in [0, 0.05) is 24.0 Å². The molecule has 3 nitrogen and oxygen atoms in total. The Kier molecular flexibility index (Phi) is 5.67. The fraction of sp³-hybridized carbons (Fsp3) is 0.304. The average Bonchev–Trinajstić information content (AvgIpc) is 2.67. The summed E-state index contributed by atoms with van der Waals surface area (Å²) in [5.74, 6) is 0.0992. The first kappa shape index (κ1) is 18.1. The number of fused-ring (bicyclic) bond motifs is 1. The highest BCUT2D eigenvalue weighted by molar-refractivity contribution is 6.07. The van der Waals surface area contributed by atoms with E-state index >= 15 is 0 Å². The van der Waals surface area contributed by atoms with Gasteiger partial charge in [-0.15, -0.1) is 0 Å². The number of carbonyl (C=O) groups excluding carboxylic acids is 1. The van der Waals surface area contributed by atoms with Gasteiger partial charge in [0.25, 0.3) is 5.91 Å². The summed E-state index contributed by atoms with van der Waals surface area (Å²) >= 11 is 0. The van der Waals surface area contributed by atoms with Crippen LogP contribution in [0.2, 0.25) is 0 Å². The van der Waals surface area contributed by atoms with Gasteiger partial charge in [0.1, 0.15) is 0 Å². The molecule has 1 heterocycles. The maximum absolute atomic E-state index is 13.3. The first-order valence-corrected chi connectivity index (χ1v) is 9.40. The van der Waals surface area contributed by atoms with E-state index in [9.17, 15) is 4.79 Å². The average molecular weight is 346 g/mol.